The van der Waals surface area contributed by atoms with E-state index in [2.05, 4.69) is 10.1 Å². The summed E-state index contributed by atoms with van der Waals surface area (Å²) < 4.78 is 1.49. The van der Waals surface area contributed by atoms with Crippen LogP contribution >= 0.6 is 0 Å². The molecule has 0 amide bonds. The lowest BCUT2D eigenvalue weighted by atomic mass is 10.1. The van der Waals surface area contributed by atoms with E-state index < -0.39 is 6.10 Å². The molecule has 0 saturated heterocycles. The summed E-state index contributed by atoms with van der Waals surface area (Å²) in [5.74, 6) is 0.703. The van der Waals surface area contributed by atoms with Crippen LogP contribution in [0.3, 0.4) is 0 Å². The van der Waals surface area contributed by atoms with Gasteiger partial charge in [-0.25, -0.2) is 4.98 Å². The number of pyridine rings is 1. The third-order valence-corrected chi connectivity index (χ3v) is 2.47. The monoisotopic (exact) mass is 219 g/mol. The Kier molecular flexibility index (Phi) is 2.49. The van der Waals surface area contributed by atoms with Gasteiger partial charge in [0.2, 0.25) is 0 Å². The predicted molar refractivity (Wildman–Crippen MR) is 60.3 cm³/mol. The molecule has 6 heteroatoms. The maximum absolute atomic E-state index is 10.1. The summed E-state index contributed by atoms with van der Waals surface area (Å²) in [7, 11) is 1.71. The average molecular weight is 219 g/mol. The standard InChI is InChI=1S/C10H13N5O/c1-15-10(12)7(5-14-15)8(16)6-3-2-4-13-9(6)11/h2-5,8,16H,12H2,1H3,(H2,11,13). The number of hydrogen-bond acceptors (Lipinski definition) is 5. The minimum Gasteiger partial charge on any atom is -0.384 e. The number of hydrogen-bond donors (Lipinski definition) is 3. The zero-order chi connectivity index (χ0) is 11.7. The van der Waals surface area contributed by atoms with Crippen molar-refractivity contribution in [3.63, 3.8) is 0 Å². The van der Waals surface area contributed by atoms with E-state index in [4.69, 9.17) is 11.5 Å². The van der Waals surface area contributed by atoms with Gasteiger partial charge in [-0.2, -0.15) is 5.10 Å². The van der Waals surface area contributed by atoms with E-state index in [9.17, 15) is 5.11 Å². The number of aliphatic hydroxyl groups excluding tert-OH is 1. The second-order valence-corrected chi connectivity index (χ2v) is 3.49. The van der Waals surface area contributed by atoms with E-state index in [1.807, 2.05) is 0 Å². The quantitative estimate of drug-likeness (QED) is 0.662. The molecule has 2 aromatic heterocycles. The highest BCUT2D eigenvalue weighted by molar-refractivity contribution is 5.49. The van der Waals surface area contributed by atoms with Crippen LogP contribution in [0.5, 0.6) is 0 Å². The van der Waals surface area contributed by atoms with Crippen LogP contribution in [0, 0.1) is 0 Å². The lowest BCUT2D eigenvalue weighted by Crippen LogP contribution is -2.07. The smallest absolute Gasteiger partial charge is 0.129 e. The van der Waals surface area contributed by atoms with Gasteiger partial charge in [-0.05, 0) is 6.07 Å². The van der Waals surface area contributed by atoms with Gasteiger partial charge in [-0.15, -0.1) is 0 Å². The highest BCUT2D eigenvalue weighted by Gasteiger charge is 2.18. The second-order valence-electron chi connectivity index (χ2n) is 3.49. The molecule has 1 atom stereocenters. The maximum Gasteiger partial charge on any atom is 0.129 e. The molecule has 1 unspecified atom stereocenters. The molecule has 2 heterocycles. The normalized spacial score (nSPS) is 12.6. The van der Waals surface area contributed by atoms with Crippen molar-refractivity contribution in [3.05, 3.63) is 35.7 Å². The Morgan fingerprint density at radius 1 is 1.38 bits per heavy atom. The Balaban J connectivity index is 2.43. The average Bonchev–Trinajstić information content (AvgIpc) is 2.60. The van der Waals surface area contributed by atoms with E-state index in [1.165, 1.54) is 10.9 Å². The van der Waals surface area contributed by atoms with Crippen LogP contribution in [0.25, 0.3) is 0 Å². The molecule has 0 aromatic carbocycles. The van der Waals surface area contributed by atoms with E-state index >= 15 is 0 Å². The fourth-order valence-electron chi connectivity index (χ4n) is 1.50. The van der Waals surface area contributed by atoms with Crippen LogP contribution in [-0.2, 0) is 7.05 Å². The Hall–Kier alpha value is -2.08. The molecular formula is C10H13N5O. The van der Waals surface area contributed by atoms with Gasteiger partial charge in [0.05, 0.1) is 6.20 Å². The van der Waals surface area contributed by atoms with Gasteiger partial charge in [0.15, 0.2) is 0 Å². The van der Waals surface area contributed by atoms with Crippen molar-refractivity contribution >= 4 is 11.6 Å². The SMILES string of the molecule is Cn1ncc(C(O)c2cccnc2N)c1N. The van der Waals surface area contributed by atoms with Crippen molar-refractivity contribution in [2.75, 3.05) is 11.5 Å². The molecule has 5 N–H and O–H groups in total. The van der Waals surface area contributed by atoms with Gasteiger partial charge >= 0.3 is 0 Å². The number of anilines is 2. The molecule has 0 spiro atoms. The first-order chi connectivity index (χ1) is 7.61. The van der Waals surface area contributed by atoms with E-state index in [0.29, 0.717) is 22.8 Å². The van der Waals surface area contributed by atoms with Crippen molar-refractivity contribution < 1.29 is 5.11 Å². The Bertz CT molecular complexity index is 508. The van der Waals surface area contributed by atoms with E-state index in [-0.39, 0.29) is 0 Å². The summed E-state index contributed by atoms with van der Waals surface area (Å²) in [6.45, 7) is 0. The minimum absolute atomic E-state index is 0.290. The number of aryl methyl sites for hydroxylation is 1. The fraction of sp³-hybridized carbons (Fsp3) is 0.200. The highest BCUT2D eigenvalue weighted by Crippen LogP contribution is 2.28. The summed E-state index contributed by atoms with van der Waals surface area (Å²) >= 11 is 0. The molecular weight excluding hydrogens is 206 g/mol. The van der Waals surface area contributed by atoms with Crippen molar-refractivity contribution in [2.45, 2.75) is 6.10 Å². The number of aromatic nitrogens is 3. The second kappa shape index (κ2) is 3.82. The Labute approximate surface area is 92.5 Å². The molecule has 0 radical (unpaired) electrons. The van der Waals surface area contributed by atoms with Gasteiger partial charge in [-0.1, -0.05) is 6.07 Å². The lowest BCUT2D eigenvalue weighted by Gasteiger charge is -2.11. The molecule has 2 rings (SSSR count). The third-order valence-electron chi connectivity index (χ3n) is 2.47. The first kappa shape index (κ1) is 10.4. The largest absolute Gasteiger partial charge is 0.384 e. The zero-order valence-electron chi connectivity index (χ0n) is 8.83. The molecule has 0 fully saturated rings. The summed E-state index contributed by atoms with van der Waals surface area (Å²) in [5, 5.41) is 14.1. The summed E-state index contributed by atoms with van der Waals surface area (Å²) in [5.41, 5.74) is 12.5. The molecule has 84 valence electrons. The molecule has 0 saturated carbocycles. The van der Waals surface area contributed by atoms with E-state index in [0.717, 1.165) is 0 Å². The van der Waals surface area contributed by atoms with Gasteiger partial charge in [0, 0.05) is 24.4 Å². The minimum atomic E-state index is -0.901. The molecule has 0 aliphatic carbocycles. The van der Waals surface area contributed by atoms with E-state index in [1.54, 1.807) is 25.4 Å². The number of nitrogen functional groups attached to an aromatic ring is 2. The first-order valence-electron chi connectivity index (χ1n) is 4.77. The number of nitrogens with zero attached hydrogens (tertiary/aromatic N) is 3. The van der Waals surface area contributed by atoms with Gasteiger partial charge in [0.25, 0.3) is 0 Å². The Morgan fingerprint density at radius 3 is 2.69 bits per heavy atom. The van der Waals surface area contributed by atoms with Crippen molar-refractivity contribution in [3.8, 4) is 0 Å². The van der Waals surface area contributed by atoms with Crippen molar-refractivity contribution in [2.24, 2.45) is 7.05 Å². The molecule has 16 heavy (non-hydrogen) atoms. The van der Waals surface area contributed by atoms with Crippen molar-refractivity contribution in [1.29, 1.82) is 0 Å². The molecule has 0 aliphatic heterocycles. The fourth-order valence-corrected chi connectivity index (χ4v) is 1.50. The van der Waals surface area contributed by atoms with Crippen molar-refractivity contribution in [1.82, 2.24) is 14.8 Å². The number of aliphatic hydroxyl groups is 1. The highest BCUT2D eigenvalue weighted by atomic mass is 16.3. The summed E-state index contributed by atoms with van der Waals surface area (Å²) in [6.07, 6.45) is 2.19. The van der Waals surface area contributed by atoms with Crippen LogP contribution in [0.15, 0.2) is 24.5 Å². The summed E-state index contributed by atoms with van der Waals surface area (Å²) in [4.78, 5) is 3.91. The third kappa shape index (κ3) is 1.59. The van der Waals surface area contributed by atoms with Gasteiger partial charge < -0.3 is 16.6 Å². The summed E-state index contributed by atoms with van der Waals surface area (Å²) in [6, 6.07) is 3.42. The maximum atomic E-state index is 10.1. The van der Waals surface area contributed by atoms with Crippen LogP contribution < -0.4 is 11.5 Å². The van der Waals surface area contributed by atoms with Crippen LogP contribution in [-0.4, -0.2) is 19.9 Å². The van der Waals surface area contributed by atoms with Crippen LogP contribution in [0.4, 0.5) is 11.6 Å². The number of rotatable bonds is 2. The Morgan fingerprint density at radius 2 is 2.12 bits per heavy atom. The van der Waals surface area contributed by atoms with Gasteiger partial charge in [-0.3, -0.25) is 4.68 Å². The van der Waals surface area contributed by atoms with Gasteiger partial charge in [0.1, 0.15) is 17.7 Å². The molecule has 6 nitrogen and oxygen atoms in total. The predicted octanol–water partition coefficient (Wildman–Crippen LogP) is 0.0612. The lowest BCUT2D eigenvalue weighted by molar-refractivity contribution is 0.221. The molecule has 0 aliphatic rings. The molecule has 2 aromatic rings. The topological polar surface area (TPSA) is 103 Å². The number of nitrogens with two attached hydrogens (primary N) is 2. The first-order valence-corrected chi connectivity index (χ1v) is 4.77. The molecule has 0 bridgehead atoms. The van der Waals surface area contributed by atoms with Crippen LogP contribution in [0.2, 0.25) is 0 Å². The van der Waals surface area contributed by atoms with Crippen LogP contribution in [0.1, 0.15) is 17.2 Å². The zero-order valence-corrected chi connectivity index (χ0v) is 8.83.